The summed E-state index contributed by atoms with van der Waals surface area (Å²) < 4.78 is 5.53. The van der Waals surface area contributed by atoms with Crippen LogP contribution >= 0.6 is 0 Å². The van der Waals surface area contributed by atoms with Gasteiger partial charge >= 0.3 is 0 Å². The zero-order valence-electron chi connectivity index (χ0n) is 12.9. The number of anilines is 1. The van der Waals surface area contributed by atoms with Crippen LogP contribution in [0.15, 0.2) is 6.20 Å². The molecule has 0 aromatic carbocycles. The molecule has 0 aliphatic heterocycles. The van der Waals surface area contributed by atoms with Gasteiger partial charge in [-0.25, -0.2) is 9.97 Å². The molecule has 0 fully saturated rings. The van der Waals surface area contributed by atoms with Gasteiger partial charge in [0.05, 0.1) is 17.5 Å². The first-order valence-corrected chi connectivity index (χ1v) is 6.81. The second-order valence-electron chi connectivity index (χ2n) is 5.56. The first-order valence-electron chi connectivity index (χ1n) is 6.81. The molecule has 1 heterocycles. The maximum atomic E-state index is 12.2. The summed E-state index contributed by atoms with van der Waals surface area (Å²) in [5.41, 5.74) is 5.85. The van der Waals surface area contributed by atoms with Crippen LogP contribution < -0.4 is 11.1 Å². The Morgan fingerprint density at radius 1 is 1.50 bits per heavy atom. The highest BCUT2D eigenvalue weighted by atomic mass is 16.5. The van der Waals surface area contributed by atoms with Gasteiger partial charge in [-0.1, -0.05) is 13.8 Å². The van der Waals surface area contributed by atoms with Gasteiger partial charge in [-0.05, 0) is 20.8 Å². The molecule has 6 heteroatoms. The number of carbonyl (C=O) groups excluding carboxylic acids is 1. The summed E-state index contributed by atoms with van der Waals surface area (Å²) in [7, 11) is 0. The number of hydrogen-bond acceptors (Lipinski definition) is 5. The van der Waals surface area contributed by atoms with E-state index in [1.165, 1.54) is 6.20 Å². The van der Waals surface area contributed by atoms with Gasteiger partial charge in [0, 0.05) is 19.1 Å². The number of amides is 1. The third kappa shape index (κ3) is 4.45. The van der Waals surface area contributed by atoms with Gasteiger partial charge in [-0.2, -0.15) is 0 Å². The number of rotatable bonds is 6. The lowest BCUT2D eigenvalue weighted by Gasteiger charge is -2.24. The molecule has 0 aliphatic carbocycles. The SMILES string of the molecule is CCOC(C)(C)CNC(=O)c1nc(C(C)C)ncc1N. The van der Waals surface area contributed by atoms with Crippen LogP contribution in [0.5, 0.6) is 0 Å². The maximum Gasteiger partial charge on any atom is 0.272 e. The highest BCUT2D eigenvalue weighted by Crippen LogP contribution is 2.14. The van der Waals surface area contributed by atoms with E-state index in [0.717, 1.165) is 0 Å². The Bertz CT molecular complexity index is 472. The van der Waals surface area contributed by atoms with Crippen LogP contribution in [0.3, 0.4) is 0 Å². The molecule has 0 bridgehead atoms. The van der Waals surface area contributed by atoms with E-state index in [4.69, 9.17) is 10.5 Å². The molecular weight excluding hydrogens is 256 g/mol. The predicted molar refractivity (Wildman–Crippen MR) is 78.6 cm³/mol. The minimum atomic E-state index is -0.424. The van der Waals surface area contributed by atoms with Crippen molar-refractivity contribution in [2.24, 2.45) is 0 Å². The molecule has 0 spiro atoms. The summed E-state index contributed by atoms with van der Waals surface area (Å²) in [5.74, 6) is 0.440. The molecule has 1 aromatic heterocycles. The quantitative estimate of drug-likeness (QED) is 0.828. The summed E-state index contributed by atoms with van der Waals surface area (Å²) in [4.78, 5) is 20.5. The van der Waals surface area contributed by atoms with E-state index in [1.54, 1.807) is 0 Å². The van der Waals surface area contributed by atoms with Crippen LogP contribution in [0.2, 0.25) is 0 Å². The first-order chi connectivity index (χ1) is 9.26. The first kappa shape index (κ1) is 16.4. The molecule has 112 valence electrons. The summed E-state index contributed by atoms with van der Waals surface area (Å²) >= 11 is 0. The third-order valence-corrected chi connectivity index (χ3v) is 2.78. The van der Waals surface area contributed by atoms with Crippen molar-refractivity contribution in [3.63, 3.8) is 0 Å². The molecule has 1 amide bonds. The van der Waals surface area contributed by atoms with Crippen molar-refractivity contribution < 1.29 is 9.53 Å². The van der Waals surface area contributed by atoms with Crippen molar-refractivity contribution >= 4 is 11.6 Å². The van der Waals surface area contributed by atoms with Gasteiger partial charge in [0.1, 0.15) is 5.82 Å². The minimum Gasteiger partial charge on any atom is -0.396 e. The molecule has 0 unspecified atom stereocenters. The van der Waals surface area contributed by atoms with E-state index in [0.29, 0.717) is 19.0 Å². The van der Waals surface area contributed by atoms with Gasteiger partial charge in [-0.15, -0.1) is 0 Å². The number of hydrogen-bond donors (Lipinski definition) is 2. The number of carbonyl (C=O) groups is 1. The maximum absolute atomic E-state index is 12.2. The van der Waals surface area contributed by atoms with E-state index in [-0.39, 0.29) is 23.2 Å². The van der Waals surface area contributed by atoms with Gasteiger partial charge in [0.25, 0.3) is 5.91 Å². The van der Waals surface area contributed by atoms with Gasteiger partial charge in [-0.3, -0.25) is 4.79 Å². The molecule has 3 N–H and O–H groups in total. The van der Waals surface area contributed by atoms with E-state index in [9.17, 15) is 4.79 Å². The Hall–Kier alpha value is -1.69. The smallest absolute Gasteiger partial charge is 0.272 e. The van der Waals surface area contributed by atoms with Crippen LogP contribution in [-0.2, 0) is 4.74 Å². The van der Waals surface area contributed by atoms with E-state index < -0.39 is 5.60 Å². The Balaban J connectivity index is 2.80. The molecule has 0 saturated heterocycles. The predicted octanol–water partition coefficient (Wildman–Crippen LogP) is 1.73. The number of nitrogens with zero attached hydrogens (tertiary/aromatic N) is 2. The highest BCUT2D eigenvalue weighted by molar-refractivity contribution is 5.96. The second kappa shape index (κ2) is 6.65. The lowest BCUT2D eigenvalue weighted by atomic mass is 10.1. The minimum absolute atomic E-state index is 0.141. The second-order valence-corrected chi connectivity index (χ2v) is 5.56. The lowest BCUT2D eigenvalue weighted by Crippen LogP contribution is -2.41. The normalized spacial score (nSPS) is 11.7. The van der Waals surface area contributed by atoms with E-state index in [2.05, 4.69) is 15.3 Å². The Morgan fingerprint density at radius 2 is 2.15 bits per heavy atom. The number of nitrogens with one attached hydrogen (secondary N) is 1. The molecule has 20 heavy (non-hydrogen) atoms. The standard InChI is InChI=1S/C14H24N4O2/c1-6-20-14(4,5)8-17-13(19)11-10(15)7-16-12(18-11)9(2)3/h7,9H,6,8,15H2,1-5H3,(H,17,19). The zero-order valence-corrected chi connectivity index (χ0v) is 12.9. The van der Waals surface area contributed by atoms with Gasteiger partial charge < -0.3 is 15.8 Å². The summed E-state index contributed by atoms with van der Waals surface area (Å²) in [6.45, 7) is 10.7. The van der Waals surface area contributed by atoms with Crippen molar-refractivity contribution in [3.8, 4) is 0 Å². The van der Waals surface area contributed by atoms with E-state index in [1.807, 2.05) is 34.6 Å². The highest BCUT2D eigenvalue weighted by Gasteiger charge is 2.21. The van der Waals surface area contributed by atoms with E-state index >= 15 is 0 Å². The fourth-order valence-electron chi connectivity index (χ4n) is 1.68. The fourth-order valence-corrected chi connectivity index (χ4v) is 1.68. The van der Waals surface area contributed by atoms with Crippen molar-refractivity contribution in [2.45, 2.75) is 46.1 Å². The molecule has 0 aliphatic rings. The number of ether oxygens (including phenoxy) is 1. The van der Waals surface area contributed by atoms with Crippen molar-refractivity contribution in [3.05, 3.63) is 17.7 Å². The molecule has 0 saturated carbocycles. The van der Waals surface area contributed by atoms with Crippen LogP contribution in [0.4, 0.5) is 5.69 Å². The molecular formula is C14H24N4O2. The van der Waals surface area contributed by atoms with Crippen molar-refractivity contribution in [1.82, 2.24) is 15.3 Å². The average Bonchev–Trinajstić information content (AvgIpc) is 2.36. The van der Waals surface area contributed by atoms with Crippen LogP contribution in [0.25, 0.3) is 0 Å². The summed E-state index contributed by atoms with van der Waals surface area (Å²) in [6.07, 6.45) is 1.48. The Kier molecular flexibility index (Phi) is 5.44. The summed E-state index contributed by atoms with van der Waals surface area (Å²) in [5, 5.41) is 2.80. The number of nitrogens with two attached hydrogens (primary N) is 1. The molecule has 1 aromatic rings. The van der Waals surface area contributed by atoms with Crippen molar-refractivity contribution in [2.75, 3.05) is 18.9 Å². The molecule has 6 nitrogen and oxygen atoms in total. The van der Waals surface area contributed by atoms with Gasteiger partial charge in [0.2, 0.25) is 0 Å². The zero-order chi connectivity index (χ0) is 15.3. The molecule has 0 radical (unpaired) electrons. The van der Waals surface area contributed by atoms with Gasteiger partial charge in [0.15, 0.2) is 5.69 Å². The number of aromatic nitrogens is 2. The number of nitrogen functional groups attached to an aromatic ring is 1. The monoisotopic (exact) mass is 280 g/mol. The molecule has 0 atom stereocenters. The lowest BCUT2D eigenvalue weighted by molar-refractivity contribution is -0.00818. The largest absolute Gasteiger partial charge is 0.396 e. The average molecular weight is 280 g/mol. The third-order valence-electron chi connectivity index (χ3n) is 2.78. The van der Waals surface area contributed by atoms with Crippen LogP contribution in [0.1, 0.15) is 56.8 Å². The Morgan fingerprint density at radius 3 is 2.70 bits per heavy atom. The summed E-state index contributed by atoms with van der Waals surface area (Å²) in [6, 6.07) is 0. The Labute approximate surface area is 120 Å². The fraction of sp³-hybridized carbons (Fsp3) is 0.643. The van der Waals surface area contributed by atoms with Crippen LogP contribution in [0, 0.1) is 0 Å². The topological polar surface area (TPSA) is 90.1 Å². The van der Waals surface area contributed by atoms with Crippen LogP contribution in [-0.4, -0.2) is 34.6 Å². The van der Waals surface area contributed by atoms with Crippen molar-refractivity contribution in [1.29, 1.82) is 0 Å². The molecule has 1 rings (SSSR count).